The van der Waals surface area contributed by atoms with Gasteiger partial charge in [-0.2, -0.15) is 0 Å². The van der Waals surface area contributed by atoms with Crippen molar-refractivity contribution in [3.05, 3.63) is 21.4 Å². The second kappa shape index (κ2) is 8.32. The van der Waals surface area contributed by atoms with Gasteiger partial charge in [0.25, 0.3) is 5.91 Å². The van der Waals surface area contributed by atoms with Crippen LogP contribution in [0.3, 0.4) is 0 Å². The summed E-state index contributed by atoms with van der Waals surface area (Å²) in [6.07, 6.45) is 8.96. The van der Waals surface area contributed by atoms with E-state index >= 15 is 0 Å². The van der Waals surface area contributed by atoms with Crippen molar-refractivity contribution in [3.63, 3.8) is 0 Å². The first-order chi connectivity index (χ1) is 12.1. The highest BCUT2D eigenvalue weighted by molar-refractivity contribution is 7.14. The molecule has 0 aliphatic heterocycles. The van der Waals surface area contributed by atoms with Crippen LogP contribution in [0.1, 0.15) is 65.6 Å². The minimum atomic E-state index is -0.787. The molecule has 0 radical (unpaired) electrons. The van der Waals surface area contributed by atoms with Crippen molar-refractivity contribution in [1.82, 2.24) is 10.2 Å². The number of rotatable bonds is 6. The third kappa shape index (κ3) is 4.61. The SMILES string of the molecule is CCN(CC(=O)O)C1CC(NC(=O)c2cc3c(s2)CCCCCC3)C1. The molecule has 1 aromatic heterocycles. The maximum atomic E-state index is 12.6. The number of carbonyl (C=O) groups excluding carboxylic acids is 1. The van der Waals surface area contributed by atoms with Gasteiger partial charge in [0.15, 0.2) is 0 Å². The number of nitrogens with one attached hydrogen (secondary N) is 1. The average molecular weight is 365 g/mol. The van der Waals surface area contributed by atoms with Crippen LogP contribution in [0.4, 0.5) is 0 Å². The fraction of sp³-hybridized carbons (Fsp3) is 0.684. The molecule has 138 valence electrons. The van der Waals surface area contributed by atoms with E-state index in [1.807, 2.05) is 11.8 Å². The fourth-order valence-electron chi connectivity index (χ4n) is 3.89. The molecule has 2 aliphatic carbocycles. The van der Waals surface area contributed by atoms with Crippen molar-refractivity contribution in [3.8, 4) is 0 Å². The molecule has 1 amide bonds. The van der Waals surface area contributed by atoms with E-state index in [9.17, 15) is 9.59 Å². The van der Waals surface area contributed by atoms with Gasteiger partial charge in [0.2, 0.25) is 0 Å². The molecule has 1 aromatic rings. The van der Waals surface area contributed by atoms with E-state index in [1.54, 1.807) is 11.3 Å². The van der Waals surface area contributed by atoms with Gasteiger partial charge in [0, 0.05) is 17.0 Å². The first kappa shape index (κ1) is 18.4. The van der Waals surface area contributed by atoms with Gasteiger partial charge in [-0.05, 0) is 56.7 Å². The predicted octanol–water partition coefficient (Wildman–Crippen LogP) is 3.07. The number of thiophene rings is 1. The van der Waals surface area contributed by atoms with Crippen LogP contribution < -0.4 is 5.32 Å². The zero-order valence-corrected chi connectivity index (χ0v) is 15.7. The number of hydrogen-bond acceptors (Lipinski definition) is 4. The topological polar surface area (TPSA) is 69.6 Å². The standard InChI is InChI=1S/C19H28N2O3S/c1-2-21(12-18(22)23)15-10-14(11-15)20-19(24)17-9-13-7-5-3-4-6-8-16(13)25-17/h9,14-15H,2-8,10-12H2,1H3,(H,20,24)(H,22,23). The Balaban J connectivity index is 1.52. The molecule has 25 heavy (non-hydrogen) atoms. The molecule has 0 unspecified atom stereocenters. The Kier molecular flexibility index (Phi) is 6.12. The maximum absolute atomic E-state index is 12.6. The first-order valence-corrected chi connectivity index (χ1v) is 10.3. The van der Waals surface area contributed by atoms with Crippen LogP contribution in [0.2, 0.25) is 0 Å². The summed E-state index contributed by atoms with van der Waals surface area (Å²) in [5.41, 5.74) is 1.37. The van der Waals surface area contributed by atoms with Crippen LogP contribution in [0, 0.1) is 0 Å². The fourth-order valence-corrected chi connectivity index (χ4v) is 5.05. The second-order valence-electron chi connectivity index (χ2n) is 7.23. The van der Waals surface area contributed by atoms with Crippen LogP contribution in [-0.2, 0) is 17.6 Å². The van der Waals surface area contributed by atoms with Crippen molar-refractivity contribution in [2.45, 2.75) is 70.4 Å². The molecule has 0 saturated heterocycles. The van der Waals surface area contributed by atoms with Crippen LogP contribution >= 0.6 is 11.3 Å². The number of carboxylic acids is 1. The first-order valence-electron chi connectivity index (χ1n) is 9.45. The van der Waals surface area contributed by atoms with E-state index in [0.717, 1.165) is 37.1 Å². The lowest BCUT2D eigenvalue weighted by atomic mass is 9.85. The molecule has 0 atom stereocenters. The molecule has 3 rings (SSSR count). The number of carbonyl (C=O) groups is 2. The number of carboxylic acid groups (broad SMARTS) is 1. The molecule has 0 bridgehead atoms. The van der Waals surface area contributed by atoms with Crippen molar-refractivity contribution in [2.75, 3.05) is 13.1 Å². The zero-order chi connectivity index (χ0) is 17.8. The predicted molar refractivity (Wildman–Crippen MR) is 99.4 cm³/mol. The minimum absolute atomic E-state index is 0.0430. The number of aryl methyl sites for hydroxylation is 2. The molecule has 0 spiro atoms. The van der Waals surface area contributed by atoms with Crippen LogP contribution in [0.25, 0.3) is 0 Å². The molecule has 1 saturated carbocycles. The van der Waals surface area contributed by atoms with Gasteiger partial charge in [-0.15, -0.1) is 11.3 Å². The Morgan fingerprint density at radius 3 is 2.64 bits per heavy atom. The Morgan fingerprint density at radius 2 is 1.96 bits per heavy atom. The smallest absolute Gasteiger partial charge is 0.317 e. The van der Waals surface area contributed by atoms with Gasteiger partial charge in [0.1, 0.15) is 0 Å². The Morgan fingerprint density at radius 1 is 1.24 bits per heavy atom. The van der Waals surface area contributed by atoms with Crippen molar-refractivity contribution in [2.24, 2.45) is 0 Å². The van der Waals surface area contributed by atoms with Crippen molar-refractivity contribution >= 4 is 23.2 Å². The average Bonchev–Trinajstić information content (AvgIpc) is 2.90. The molecule has 0 aromatic carbocycles. The van der Waals surface area contributed by atoms with Crippen LogP contribution in [0.5, 0.6) is 0 Å². The molecular formula is C19H28N2O3S. The maximum Gasteiger partial charge on any atom is 0.317 e. The molecule has 1 heterocycles. The quantitative estimate of drug-likeness (QED) is 0.814. The van der Waals surface area contributed by atoms with Gasteiger partial charge < -0.3 is 10.4 Å². The number of nitrogens with zero attached hydrogens (tertiary/aromatic N) is 1. The molecule has 1 fully saturated rings. The Hall–Kier alpha value is -1.40. The monoisotopic (exact) mass is 364 g/mol. The summed E-state index contributed by atoms with van der Waals surface area (Å²) in [6, 6.07) is 2.54. The highest BCUT2D eigenvalue weighted by atomic mass is 32.1. The normalized spacial score (nSPS) is 23.3. The van der Waals surface area contributed by atoms with E-state index < -0.39 is 5.97 Å². The molecule has 2 N–H and O–H groups in total. The lowest BCUT2D eigenvalue weighted by Crippen LogP contribution is -2.54. The third-order valence-corrected chi connectivity index (χ3v) is 6.67. The summed E-state index contributed by atoms with van der Waals surface area (Å²) in [7, 11) is 0. The van der Waals surface area contributed by atoms with Gasteiger partial charge in [-0.3, -0.25) is 14.5 Å². The Labute approximate surface area is 153 Å². The summed E-state index contributed by atoms with van der Waals surface area (Å²) in [4.78, 5) is 27.7. The van der Waals surface area contributed by atoms with Crippen LogP contribution in [-0.4, -0.2) is 47.1 Å². The molecule has 5 nitrogen and oxygen atoms in total. The van der Waals surface area contributed by atoms with Crippen LogP contribution in [0.15, 0.2) is 6.07 Å². The number of likely N-dealkylation sites (N-methyl/N-ethyl adjacent to an activating group) is 1. The zero-order valence-electron chi connectivity index (χ0n) is 14.9. The Bertz CT molecular complexity index is 597. The third-order valence-electron chi connectivity index (χ3n) is 5.43. The van der Waals surface area contributed by atoms with E-state index in [1.165, 1.54) is 36.1 Å². The second-order valence-corrected chi connectivity index (χ2v) is 8.36. The van der Waals surface area contributed by atoms with Crippen molar-refractivity contribution in [1.29, 1.82) is 0 Å². The van der Waals surface area contributed by atoms with E-state index in [4.69, 9.17) is 5.11 Å². The van der Waals surface area contributed by atoms with Gasteiger partial charge in [-0.1, -0.05) is 19.8 Å². The van der Waals surface area contributed by atoms with Crippen molar-refractivity contribution < 1.29 is 14.7 Å². The summed E-state index contributed by atoms with van der Waals surface area (Å²) in [6.45, 7) is 2.80. The summed E-state index contributed by atoms with van der Waals surface area (Å²) >= 11 is 1.66. The largest absolute Gasteiger partial charge is 0.480 e. The number of hydrogen-bond donors (Lipinski definition) is 2. The van der Waals surface area contributed by atoms with E-state index in [0.29, 0.717) is 0 Å². The van der Waals surface area contributed by atoms with E-state index in [-0.39, 0.29) is 24.5 Å². The van der Waals surface area contributed by atoms with Gasteiger partial charge >= 0.3 is 5.97 Å². The number of amides is 1. The number of aliphatic carboxylic acids is 1. The van der Waals surface area contributed by atoms with E-state index in [2.05, 4.69) is 11.4 Å². The summed E-state index contributed by atoms with van der Waals surface area (Å²) in [5.74, 6) is -0.744. The summed E-state index contributed by atoms with van der Waals surface area (Å²) in [5, 5.41) is 12.1. The number of fused-ring (bicyclic) bond motifs is 1. The molecular weight excluding hydrogens is 336 g/mol. The minimum Gasteiger partial charge on any atom is -0.480 e. The van der Waals surface area contributed by atoms with Gasteiger partial charge in [-0.25, -0.2) is 0 Å². The highest BCUT2D eigenvalue weighted by Crippen LogP contribution is 2.30. The van der Waals surface area contributed by atoms with Gasteiger partial charge in [0.05, 0.1) is 11.4 Å². The summed E-state index contributed by atoms with van der Waals surface area (Å²) < 4.78 is 0. The molecule has 6 heteroatoms. The highest BCUT2D eigenvalue weighted by Gasteiger charge is 2.35. The molecule has 2 aliphatic rings. The lowest BCUT2D eigenvalue weighted by Gasteiger charge is -2.42. The lowest BCUT2D eigenvalue weighted by molar-refractivity contribution is -0.139.